The Morgan fingerprint density at radius 3 is 2.50 bits per heavy atom. The van der Waals surface area contributed by atoms with Crippen LogP contribution in [-0.2, 0) is 9.84 Å². The van der Waals surface area contributed by atoms with E-state index in [1.165, 1.54) is 12.1 Å². The third kappa shape index (κ3) is 6.06. The average Bonchev–Trinajstić information content (AvgIpc) is 2.89. The van der Waals surface area contributed by atoms with Crippen LogP contribution < -0.4 is 10.1 Å². The fourth-order valence-corrected chi connectivity index (χ4v) is 4.52. The molecule has 1 aromatic carbocycles. The van der Waals surface area contributed by atoms with E-state index in [1.54, 1.807) is 24.0 Å². The first-order valence-electron chi connectivity index (χ1n) is 8.54. The van der Waals surface area contributed by atoms with Gasteiger partial charge in [0.05, 0.1) is 11.5 Å². The molecule has 1 aliphatic heterocycles. The maximum atomic E-state index is 12.7. The molecule has 2 N–H and O–H groups in total. The number of amides is 2. The Morgan fingerprint density at radius 2 is 1.96 bits per heavy atom. The Balaban J connectivity index is 1.99. The van der Waals surface area contributed by atoms with E-state index < -0.39 is 16.1 Å². The molecule has 2 unspecified atom stereocenters. The van der Waals surface area contributed by atoms with Gasteiger partial charge in [-0.1, -0.05) is 0 Å². The number of ether oxygens (including phenoxy) is 1. The summed E-state index contributed by atoms with van der Waals surface area (Å²) in [5, 5.41) is 12.1. The van der Waals surface area contributed by atoms with Crippen molar-refractivity contribution in [3.05, 3.63) is 24.3 Å². The molecule has 0 bridgehead atoms. The molecule has 2 atom stereocenters. The Bertz CT molecular complexity index is 706. The SMILES string of the molecule is CC(NC(=O)N(CCN(C)C)C1CCS(=O)(=O)C1)Oc1ccc(O)cc1. The molecule has 0 aliphatic carbocycles. The predicted octanol–water partition coefficient (Wildman–Crippen LogP) is 0.877. The summed E-state index contributed by atoms with van der Waals surface area (Å²) in [6, 6.07) is 5.53. The minimum Gasteiger partial charge on any atom is -0.508 e. The van der Waals surface area contributed by atoms with Crippen molar-refractivity contribution < 1.29 is 23.1 Å². The first kappa shape index (κ1) is 20.3. The third-order valence-electron chi connectivity index (χ3n) is 4.17. The number of sulfone groups is 1. The van der Waals surface area contributed by atoms with Gasteiger partial charge in [0, 0.05) is 19.1 Å². The Labute approximate surface area is 154 Å². The van der Waals surface area contributed by atoms with Gasteiger partial charge in [0.25, 0.3) is 0 Å². The van der Waals surface area contributed by atoms with Crippen molar-refractivity contribution in [3.8, 4) is 11.5 Å². The fraction of sp³-hybridized carbons (Fsp3) is 0.588. The van der Waals surface area contributed by atoms with Crippen molar-refractivity contribution in [1.29, 1.82) is 0 Å². The fourth-order valence-electron chi connectivity index (χ4n) is 2.79. The number of nitrogens with zero attached hydrogens (tertiary/aromatic N) is 2. The van der Waals surface area contributed by atoms with Crippen molar-refractivity contribution in [1.82, 2.24) is 15.1 Å². The highest BCUT2D eigenvalue weighted by Crippen LogP contribution is 2.19. The van der Waals surface area contributed by atoms with Crippen LogP contribution >= 0.6 is 0 Å². The number of hydrogen-bond donors (Lipinski definition) is 2. The number of carbonyl (C=O) groups is 1. The molecule has 146 valence electrons. The van der Waals surface area contributed by atoms with E-state index in [0.29, 0.717) is 25.3 Å². The van der Waals surface area contributed by atoms with Crippen LogP contribution in [0.2, 0.25) is 0 Å². The van der Waals surface area contributed by atoms with Crippen LogP contribution in [-0.4, -0.2) is 80.3 Å². The van der Waals surface area contributed by atoms with Crippen molar-refractivity contribution in [2.24, 2.45) is 0 Å². The van der Waals surface area contributed by atoms with Gasteiger partial charge in [-0.2, -0.15) is 0 Å². The number of phenolic OH excluding ortho intramolecular Hbond substituents is 1. The Hall–Kier alpha value is -2.00. The molecule has 2 amide bonds. The second-order valence-corrected chi connectivity index (χ2v) is 8.99. The molecule has 8 nitrogen and oxygen atoms in total. The third-order valence-corrected chi connectivity index (χ3v) is 5.92. The molecular weight excluding hydrogens is 358 g/mol. The molecule has 2 rings (SSSR count). The van der Waals surface area contributed by atoms with Crippen LogP contribution in [0.3, 0.4) is 0 Å². The van der Waals surface area contributed by atoms with Gasteiger partial charge in [-0.25, -0.2) is 13.2 Å². The summed E-state index contributed by atoms with van der Waals surface area (Å²) < 4.78 is 29.2. The van der Waals surface area contributed by atoms with Gasteiger partial charge in [0.15, 0.2) is 16.1 Å². The maximum absolute atomic E-state index is 12.7. The number of hydrogen-bond acceptors (Lipinski definition) is 6. The Kier molecular flexibility index (Phi) is 6.71. The van der Waals surface area contributed by atoms with Crippen molar-refractivity contribution in [2.45, 2.75) is 25.6 Å². The molecule has 1 fully saturated rings. The summed E-state index contributed by atoms with van der Waals surface area (Å²) in [6.45, 7) is 2.77. The summed E-state index contributed by atoms with van der Waals surface area (Å²) in [5.74, 6) is 0.759. The van der Waals surface area contributed by atoms with Crippen LogP contribution in [0.4, 0.5) is 4.79 Å². The number of urea groups is 1. The van der Waals surface area contributed by atoms with E-state index in [9.17, 15) is 18.3 Å². The number of likely N-dealkylation sites (N-methyl/N-ethyl adjacent to an activating group) is 1. The lowest BCUT2D eigenvalue weighted by Crippen LogP contribution is -2.52. The van der Waals surface area contributed by atoms with Crippen LogP contribution in [0.25, 0.3) is 0 Å². The maximum Gasteiger partial charge on any atom is 0.320 e. The largest absolute Gasteiger partial charge is 0.508 e. The van der Waals surface area contributed by atoms with E-state index in [4.69, 9.17) is 4.74 Å². The second kappa shape index (κ2) is 8.59. The van der Waals surface area contributed by atoms with Gasteiger partial charge < -0.3 is 25.0 Å². The first-order chi connectivity index (χ1) is 12.2. The number of aromatic hydroxyl groups is 1. The van der Waals surface area contributed by atoms with Crippen molar-refractivity contribution in [3.63, 3.8) is 0 Å². The highest BCUT2D eigenvalue weighted by Gasteiger charge is 2.35. The number of carbonyl (C=O) groups excluding carboxylic acids is 1. The molecule has 26 heavy (non-hydrogen) atoms. The zero-order valence-electron chi connectivity index (χ0n) is 15.4. The van der Waals surface area contributed by atoms with Gasteiger partial charge >= 0.3 is 6.03 Å². The molecular formula is C17H27N3O5S. The number of rotatable bonds is 7. The summed E-state index contributed by atoms with van der Waals surface area (Å²) >= 11 is 0. The van der Waals surface area contributed by atoms with E-state index >= 15 is 0 Å². The molecule has 1 heterocycles. The van der Waals surface area contributed by atoms with Crippen molar-refractivity contribution >= 4 is 15.9 Å². The number of phenols is 1. The Morgan fingerprint density at radius 1 is 1.31 bits per heavy atom. The lowest BCUT2D eigenvalue weighted by molar-refractivity contribution is 0.139. The normalized spacial score (nSPS) is 19.9. The molecule has 0 spiro atoms. The monoisotopic (exact) mass is 385 g/mol. The van der Waals surface area contributed by atoms with Crippen LogP contribution in [0.1, 0.15) is 13.3 Å². The minimum atomic E-state index is -3.08. The lowest BCUT2D eigenvalue weighted by atomic mass is 10.2. The van der Waals surface area contributed by atoms with Crippen LogP contribution in [0.15, 0.2) is 24.3 Å². The minimum absolute atomic E-state index is 0.00104. The van der Waals surface area contributed by atoms with Gasteiger partial charge in [-0.05, 0) is 51.7 Å². The molecule has 9 heteroatoms. The van der Waals surface area contributed by atoms with E-state index in [0.717, 1.165) is 0 Å². The molecule has 0 aromatic heterocycles. The average molecular weight is 385 g/mol. The summed E-state index contributed by atoms with van der Waals surface area (Å²) in [4.78, 5) is 16.2. The highest BCUT2D eigenvalue weighted by molar-refractivity contribution is 7.91. The molecule has 1 aromatic rings. The lowest BCUT2D eigenvalue weighted by Gasteiger charge is -2.31. The zero-order valence-corrected chi connectivity index (χ0v) is 16.2. The molecule has 1 aliphatic rings. The van der Waals surface area contributed by atoms with E-state index in [1.807, 2.05) is 19.0 Å². The van der Waals surface area contributed by atoms with Crippen LogP contribution in [0, 0.1) is 0 Å². The number of nitrogens with one attached hydrogen (secondary N) is 1. The van der Waals surface area contributed by atoms with E-state index in [-0.39, 0.29) is 29.3 Å². The summed E-state index contributed by atoms with van der Waals surface area (Å²) in [7, 11) is 0.718. The predicted molar refractivity (Wildman–Crippen MR) is 99.0 cm³/mol. The van der Waals surface area contributed by atoms with Gasteiger partial charge in [0.1, 0.15) is 11.5 Å². The quantitative estimate of drug-likeness (QED) is 0.676. The van der Waals surface area contributed by atoms with Crippen molar-refractivity contribution in [2.75, 3.05) is 38.7 Å². The smallest absolute Gasteiger partial charge is 0.320 e. The van der Waals surface area contributed by atoms with Gasteiger partial charge in [-0.3, -0.25) is 0 Å². The summed E-state index contributed by atoms with van der Waals surface area (Å²) in [5.41, 5.74) is 0. The first-order valence-corrected chi connectivity index (χ1v) is 10.4. The molecule has 0 saturated carbocycles. The molecule has 1 saturated heterocycles. The van der Waals surface area contributed by atoms with Gasteiger partial charge in [-0.15, -0.1) is 0 Å². The molecule has 0 radical (unpaired) electrons. The standard InChI is InChI=1S/C17H27N3O5S/c1-13(25-16-6-4-15(21)5-7-16)18-17(22)20(10-9-19(2)3)14-8-11-26(23,24)12-14/h4-7,13-14,21H,8-12H2,1-3H3,(H,18,22). The highest BCUT2D eigenvalue weighted by atomic mass is 32.2. The van der Waals surface area contributed by atoms with Crippen LogP contribution in [0.5, 0.6) is 11.5 Å². The summed E-state index contributed by atoms with van der Waals surface area (Å²) in [6.07, 6.45) is -0.150. The number of benzene rings is 1. The second-order valence-electron chi connectivity index (χ2n) is 6.76. The zero-order chi connectivity index (χ0) is 19.3. The topological polar surface area (TPSA) is 99.2 Å². The van der Waals surface area contributed by atoms with Gasteiger partial charge in [0.2, 0.25) is 0 Å². The van der Waals surface area contributed by atoms with E-state index in [2.05, 4.69) is 5.32 Å².